The SMILES string of the molecule is CC/C=C\C/C=C\C/C=C\C/C=C\CCCCCCCCCCC(=O)NC(CS(=O)(=O)O)C(O)CCCCCCCCCCCCCCCCC. The van der Waals surface area contributed by atoms with Gasteiger partial charge >= 0.3 is 0 Å². The largest absolute Gasteiger partial charge is 0.391 e. The van der Waals surface area contributed by atoms with Crippen molar-refractivity contribution in [2.75, 3.05) is 5.75 Å². The summed E-state index contributed by atoms with van der Waals surface area (Å²) in [4.78, 5) is 12.5. The predicted octanol–water partition coefficient (Wildman–Crippen LogP) is 12.7. The molecule has 0 saturated carbocycles. The van der Waals surface area contributed by atoms with Gasteiger partial charge in [0.25, 0.3) is 10.1 Å². The smallest absolute Gasteiger partial charge is 0.266 e. The summed E-state index contributed by atoms with van der Waals surface area (Å²) < 4.78 is 32.6. The van der Waals surface area contributed by atoms with E-state index in [1.54, 1.807) is 0 Å². The first-order valence-corrected chi connectivity index (χ1v) is 22.9. The quantitative estimate of drug-likeness (QED) is 0.0333. The number of amides is 1. The molecule has 2 atom stereocenters. The van der Waals surface area contributed by atoms with Crippen LogP contribution in [0.2, 0.25) is 0 Å². The molecule has 3 N–H and O–H groups in total. The van der Waals surface area contributed by atoms with Gasteiger partial charge < -0.3 is 10.4 Å². The molecule has 0 aliphatic rings. The molecule has 6 nitrogen and oxygen atoms in total. The van der Waals surface area contributed by atoms with Gasteiger partial charge in [-0.1, -0.05) is 197 Å². The van der Waals surface area contributed by atoms with Crippen molar-refractivity contribution in [2.45, 2.75) is 219 Å². The number of hydrogen-bond donors (Lipinski definition) is 3. The van der Waals surface area contributed by atoms with Gasteiger partial charge in [-0.05, 0) is 51.4 Å². The van der Waals surface area contributed by atoms with Crippen molar-refractivity contribution < 1.29 is 22.9 Å². The molecule has 0 aromatic heterocycles. The molecule has 51 heavy (non-hydrogen) atoms. The molecule has 298 valence electrons. The van der Waals surface area contributed by atoms with Crippen molar-refractivity contribution in [2.24, 2.45) is 0 Å². The summed E-state index contributed by atoms with van der Waals surface area (Å²) in [5.41, 5.74) is 0. The van der Waals surface area contributed by atoms with Gasteiger partial charge in [0.2, 0.25) is 5.91 Å². The summed E-state index contributed by atoms with van der Waals surface area (Å²) in [6, 6.07) is -0.976. The number of nitrogens with one attached hydrogen (secondary N) is 1. The van der Waals surface area contributed by atoms with E-state index in [0.717, 1.165) is 77.0 Å². The number of unbranched alkanes of at least 4 members (excludes halogenated alkanes) is 22. The minimum absolute atomic E-state index is 0.255. The Balaban J connectivity index is 3.86. The average molecular weight is 736 g/mol. The third kappa shape index (κ3) is 39.3. The fourth-order valence-corrected chi connectivity index (χ4v) is 7.15. The van der Waals surface area contributed by atoms with Crippen LogP contribution >= 0.6 is 0 Å². The second kappa shape index (κ2) is 38.0. The average Bonchev–Trinajstić information content (AvgIpc) is 3.09. The van der Waals surface area contributed by atoms with E-state index in [-0.39, 0.29) is 5.91 Å². The van der Waals surface area contributed by atoms with Crippen LogP contribution in [0.3, 0.4) is 0 Å². The lowest BCUT2D eigenvalue weighted by Crippen LogP contribution is -2.47. The third-order valence-electron chi connectivity index (χ3n) is 9.55. The number of carbonyl (C=O) groups excluding carboxylic acids is 1. The Bertz CT molecular complexity index is 987. The summed E-state index contributed by atoms with van der Waals surface area (Å²) in [5.74, 6) is -0.906. The highest BCUT2D eigenvalue weighted by atomic mass is 32.2. The summed E-state index contributed by atoms with van der Waals surface area (Å²) in [6.07, 6.45) is 50.6. The van der Waals surface area contributed by atoms with Crippen LogP contribution in [0, 0.1) is 0 Å². The molecule has 0 heterocycles. The molecule has 0 spiro atoms. The molecule has 0 saturated heterocycles. The van der Waals surface area contributed by atoms with Gasteiger partial charge in [-0.2, -0.15) is 8.42 Å². The highest BCUT2D eigenvalue weighted by Gasteiger charge is 2.26. The number of carbonyl (C=O) groups is 1. The lowest BCUT2D eigenvalue weighted by atomic mass is 10.0. The molecule has 0 aliphatic heterocycles. The van der Waals surface area contributed by atoms with Crippen molar-refractivity contribution in [1.29, 1.82) is 0 Å². The first-order chi connectivity index (χ1) is 24.8. The molecule has 0 fully saturated rings. The number of rotatable bonds is 38. The highest BCUT2D eigenvalue weighted by molar-refractivity contribution is 7.85. The minimum atomic E-state index is -4.31. The Labute approximate surface area is 316 Å². The van der Waals surface area contributed by atoms with Crippen molar-refractivity contribution >= 4 is 16.0 Å². The second-order valence-corrected chi connectivity index (χ2v) is 16.1. The molecule has 0 bridgehead atoms. The first kappa shape index (κ1) is 49.3. The predicted molar refractivity (Wildman–Crippen MR) is 221 cm³/mol. The van der Waals surface area contributed by atoms with Gasteiger partial charge in [0.1, 0.15) is 0 Å². The monoisotopic (exact) mass is 736 g/mol. The lowest BCUT2D eigenvalue weighted by molar-refractivity contribution is -0.122. The molecule has 0 aromatic rings. The number of aliphatic hydroxyl groups is 1. The standard InChI is InChI=1S/C44H81NO5S/c1-3-5-7-9-11-13-15-17-19-20-21-22-23-24-26-28-30-32-34-36-38-40-44(47)45-42(41-51(48,49)50)43(46)39-37-35-33-31-29-27-25-18-16-14-12-10-8-6-4-2/h5,7,11,13,17,19,21-22,42-43,46H,3-4,6,8-10,12,14-16,18,20,23-41H2,1-2H3,(H,45,47)(H,48,49,50)/b7-5-,13-11-,19-17-,22-21-. The van der Waals surface area contributed by atoms with Crippen LogP contribution in [0.1, 0.15) is 206 Å². The van der Waals surface area contributed by atoms with Crippen LogP contribution in [-0.4, -0.2) is 41.9 Å². The van der Waals surface area contributed by atoms with Gasteiger partial charge in [0.15, 0.2) is 0 Å². The van der Waals surface area contributed by atoms with E-state index in [9.17, 15) is 22.9 Å². The van der Waals surface area contributed by atoms with Crippen LogP contribution in [0.25, 0.3) is 0 Å². The van der Waals surface area contributed by atoms with E-state index >= 15 is 0 Å². The Morgan fingerprint density at radius 3 is 1.39 bits per heavy atom. The summed E-state index contributed by atoms with van der Waals surface area (Å²) >= 11 is 0. The maximum atomic E-state index is 12.5. The third-order valence-corrected chi connectivity index (χ3v) is 10.3. The molecule has 0 aromatic carbocycles. The maximum absolute atomic E-state index is 12.5. The fraction of sp³-hybridized carbons (Fsp3) is 0.795. The van der Waals surface area contributed by atoms with Gasteiger partial charge in [-0.25, -0.2) is 0 Å². The zero-order chi connectivity index (χ0) is 37.5. The molecule has 7 heteroatoms. The van der Waals surface area contributed by atoms with Crippen LogP contribution < -0.4 is 5.32 Å². The summed E-state index contributed by atoms with van der Waals surface area (Å²) in [6.45, 7) is 4.41. The summed E-state index contributed by atoms with van der Waals surface area (Å²) in [7, 11) is -4.31. The zero-order valence-electron chi connectivity index (χ0n) is 33.2. The zero-order valence-corrected chi connectivity index (χ0v) is 34.0. The van der Waals surface area contributed by atoms with E-state index in [1.807, 2.05) is 0 Å². The Hall–Kier alpha value is -1.70. The van der Waals surface area contributed by atoms with Crippen LogP contribution in [-0.2, 0) is 14.9 Å². The molecule has 0 radical (unpaired) electrons. The van der Waals surface area contributed by atoms with E-state index in [1.165, 1.54) is 103 Å². The highest BCUT2D eigenvalue weighted by Crippen LogP contribution is 2.16. The number of aliphatic hydroxyl groups excluding tert-OH is 1. The van der Waals surface area contributed by atoms with Crippen LogP contribution in [0.5, 0.6) is 0 Å². The van der Waals surface area contributed by atoms with Crippen LogP contribution in [0.15, 0.2) is 48.6 Å². The van der Waals surface area contributed by atoms with Crippen molar-refractivity contribution in [3.8, 4) is 0 Å². The molecule has 1 amide bonds. The number of hydrogen-bond acceptors (Lipinski definition) is 4. The lowest BCUT2D eigenvalue weighted by Gasteiger charge is -2.23. The summed E-state index contributed by atoms with van der Waals surface area (Å²) in [5, 5.41) is 13.4. The van der Waals surface area contributed by atoms with E-state index < -0.39 is 28.0 Å². The Morgan fingerprint density at radius 2 is 0.941 bits per heavy atom. The minimum Gasteiger partial charge on any atom is -0.391 e. The topological polar surface area (TPSA) is 104 Å². The van der Waals surface area contributed by atoms with E-state index in [4.69, 9.17) is 0 Å². The first-order valence-electron chi connectivity index (χ1n) is 21.3. The van der Waals surface area contributed by atoms with Crippen LogP contribution in [0.4, 0.5) is 0 Å². The Morgan fingerprint density at radius 1 is 0.549 bits per heavy atom. The van der Waals surface area contributed by atoms with Crippen molar-refractivity contribution in [3.63, 3.8) is 0 Å². The van der Waals surface area contributed by atoms with Gasteiger partial charge in [-0.15, -0.1) is 0 Å². The second-order valence-electron chi connectivity index (χ2n) is 14.6. The molecule has 0 aliphatic carbocycles. The molecular formula is C44H81NO5S. The van der Waals surface area contributed by atoms with E-state index in [2.05, 4.69) is 67.8 Å². The van der Waals surface area contributed by atoms with Crippen molar-refractivity contribution in [1.82, 2.24) is 5.32 Å². The van der Waals surface area contributed by atoms with Gasteiger partial charge in [0, 0.05) is 6.42 Å². The molecule has 2 unspecified atom stereocenters. The fourth-order valence-electron chi connectivity index (χ4n) is 6.39. The number of allylic oxidation sites excluding steroid dienone is 8. The van der Waals surface area contributed by atoms with Crippen molar-refractivity contribution in [3.05, 3.63) is 48.6 Å². The molecular weight excluding hydrogens is 655 g/mol. The maximum Gasteiger partial charge on any atom is 0.266 e. The molecule has 0 rings (SSSR count). The van der Waals surface area contributed by atoms with Gasteiger partial charge in [0.05, 0.1) is 17.9 Å². The van der Waals surface area contributed by atoms with Gasteiger partial charge in [-0.3, -0.25) is 9.35 Å². The van der Waals surface area contributed by atoms with E-state index in [0.29, 0.717) is 12.8 Å². The Kier molecular flexibility index (Phi) is 36.8. The normalized spacial score (nSPS) is 13.7.